The van der Waals surface area contributed by atoms with E-state index in [1.807, 2.05) is 0 Å². The molecule has 0 aliphatic carbocycles. The molecule has 62 valence electrons. The van der Waals surface area contributed by atoms with Gasteiger partial charge in [0.1, 0.15) is 0 Å². The average Bonchev–Trinajstić information content (AvgIpc) is 1.97. The SMILES string of the molecule is Fc1cc(F)c(F)c(F)c1F.[H-].[K+]. The van der Waals surface area contributed by atoms with Gasteiger partial charge in [-0.05, 0) is 0 Å². The van der Waals surface area contributed by atoms with Crippen LogP contribution in [0, 0.1) is 29.1 Å². The quantitative estimate of drug-likeness (QED) is 0.233. The molecule has 0 radical (unpaired) electrons. The Bertz CT molecular complexity index is 277. The third-order valence-corrected chi connectivity index (χ3v) is 1.06. The first-order chi connectivity index (χ1) is 5.04. The molecule has 0 spiro atoms. The van der Waals surface area contributed by atoms with Crippen molar-refractivity contribution in [1.82, 2.24) is 0 Å². The fourth-order valence-corrected chi connectivity index (χ4v) is 0.544. The van der Waals surface area contributed by atoms with Crippen molar-refractivity contribution in [2.24, 2.45) is 0 Å². The van der Waals surface area contributed by atoms with Gasteiger partial charge in [-0.15, -0.1) is 0 Å². The minimum Gasteiger partial charge on any atom is -1.00 e. The van der Waals surface area contributed by atoms with E-state index in [0.717, 1.165) is 0 Å². The van der Waals surface area contributed by atoms with E-state index in [1.165, 1.54) is 0 Å². The zero-order valence-corrected chi connectivity index (χ0v) is 9.09. The van der Waals surface area contributed by atoms with Gasteiger partial charge in [-0.25, -0.2) is 22.0 Å². The van der Waals surface area contributed by atoms with E-state index >= 15 is 0 Å². The van der Waals surface area contributed by atoms with Crippen LogP contribution in [0.5, 0.6) is 0 Å². The van der Waals surface area contributed by atoms with Crippen molar-refractivity contribution in [1.29, 1.82) is 0 Å². The van der Waals surface area contributed by atoms with E-state index in [-0.39, 0.29) is 58.9 Å². The third kappa shape index (κ3) is 2.26. The summed E-state index contributed by atoms with van der Waals surface area (Å²) >= 11 is 0. The fraction of sp³-hybridized carbons (Fsp3) is 0. The van der Waals surface area contributed by atoms with E-state index in [9.17, 15) is 22.0 Å². The maximum absolute atomic E-state index is 12.0. The molecule has 6 heteroatoms. The molecular formula is C6H2F5K. The van der Waals surface area contributed by atoms with Gasteiger partial charge in [0.25, 0.3) is 0 Å². The van der Waals surface area contributed by atoms with Crippen molar-refractivity contribution in [3.05, 3.63) is 35.2 Å². The zero-order chi connectivity index (χ0) is 8.59. The maximum Gasteiger partial charge on any atom is 1.00 e. The molecule has 0 atom stereocenters. The molecule has 0 saturated carbocycles. The van der Waals surface area contributed by atoms with Crippen molar-refractivity contribution in [3.8, 4) is 0 Å². The van der Waals surface area contributed by atoms with Crippen LogP contribution in [0.15, 0.2) is 6.07 Å². The molecule has 0 aromatic heterocycles. The first-order valence-electron chi connectivity index (χ1n) is 2.52. The van der Waals surface area contributed by atoms with Gasteiger partial charge in [0, 0.05) is 6.07 Å². The van der Waals surface area contributed by atoms with Crippen LogP contribution in [0.4, 0.5) is 22.0 Å². The predicted molar refractivity (Wildman–Crippen MR) is 27.3 cm³/mol. The van der Waals surface area contributed by atoms with Gasteiger partial charge >= 0.3 is 51.4 Å². The van der Waals surface area contributed by atoms with Crippen LogP contribution in [0.3, 0.4) is 0 Å². The summed E-state index contributed by atoms with van der Waals surface area (Å²) < 4.78 is 60.0. The van der Waals surface area contributed by atoms with E-state index in [4.69, 9.17) is 0 Å². The van der Waals surface area contributed by atoms with Crippen molar-refractivity contribution in [3.63, 3.8) is 0 Å². The Morgan fingerprint density at radius 2 is 1.08 bits per heavy atom. The smallest absolute Gasteiger partial charge is 1.00 e. The topological polar surface area (TPSA) is 0 Å². The number of hydrogen-bond acceptors (Lipinski definition) is 0. The molecule has 1 aromatic carbocycles. The summed E-state index contributed by atoms with van der Waals surface area (Å²) in [5, 5.41) is 0. The van der Waals surface area contributed by atoms with Gasteiger partial charge in [0.05, 0.1) is 0 Å². The second-order valence-corrected chi connectivity index (χ2v) is 1.78. The van der Waals surface area contributed by atoms with E-state index in [2.05, 4.69) is 0 Å². The second-order valence-electron chi connectivity index (χ2n) is 1.78. The summed E-state index contributed by atoms with van der Waals surface area (Å²) in [6.07, 6.45) is 0. The van der Waals surface area contributed by atoms with Crippen LogP contribution in [0.2, 0.25) is 0 Å². The van der Waals surface area contributed by atoms with Crippen LogP contribution in [-0.2, 0) is 0 Å². The molecule has 0 bridgehead atoms. The van der Waals surface area contributed by atoms with Gasteiger partial charge in [-0.3, -0.25) is 0 Å². The summed E-state index contributed by atoms with van der Waals surface area (Å²) in [6, 6.07) is -0.0618. The molecule has 0 unspecified atom stereocenters. The first kappa shape index (κ1) is 12.5. The molecule has 0 nitrogen and oxygen atoms in total. The Morgan fingerprint density at radius 3 is 1.42 bits per heavy atom. The van der Waals surface area contributed by atoms with Gasteiger partial charge in [0.15, 0.2) is 23.3 Å². The van der Waals surface area contributed by atoms with Crippen LogP contribution < -0.4 is 51.4 Å². The third-order valence-electron chi connectivity index (χ3n) is 1.06. The second kappa shape index (κ2) is 4.66. The molecule has 0 fully saturated rings. The molecule has 1 aromatic rings. The number of rotatable bonds is 0. The van der Waals surface area contributed by atoms with Crippen LogP contribution in [0.25, 0.3) is 0 Å². The standard InChI is InChI=1S/C6HF5.K.H/c7-2-1-3(8)5(10)6(11)4(2)9;;/h1H;;/q;+1;-1. The van der Waals surface area contributed by atoms with Gasteiger partial charge in [-0.1, -0.05) is 0 Å². The average molecular weight is 208 g/mol. The summed E-state index contributed by atoms with van der Waals surface area (Å²) in [6.45, 7) is 0. The van der Waals surface area contributed by atoms with Crippen LogP contribution in [-0.4, -0.2) is 0 Å². The summed E-state index contributed by atoms with van der Waals surface area (Å²) in [5.74, 6) is -9.65. The Hall–Kier alpha value is 0.506. The Labute approximate surface area is 109 Å². The summed E-state index contributed by atoms with van der Waals surface area (Å²) in [7, 11) is 0. The molecule has 0 N–H and O–H groups in total. The van der Waals surface area contributed by atoms with Crippen molar-refractivity contribution in [2.45, 2.75) is 0 Å². The van der Waals surface area contributed by atoms with Crippen molar-refractivity contribution >= 4 is 0 Å². The molecule has 0 amide bonds. The minimum absolute atomic E-state index is 0. The first-order valence-corrected chi connectivity index (χ1v) is 2.52. The molecule has 0 aliphatic rings. The predicted octanol–water partition coefficient (Wildman–Crippen LogP) is -0.501. The summed E-state index contributed by atoms with van der Waals surface area (Å²) in [4.78, 5) is 0. The molecule has 0 saturated heterocycles. The molecular weight excluding hydrogens is 206 g/mol. The Balaban J connectivity index is 0. The number of hydrogen-bond donors (Lipinski definition) is 0. The number of halogens is 5. The van der Waals surface area contributed by atoms with Crippen molar-refractivity contribution in [2.75, 3.05) is 0 Å². The monoisotopic (exact) mass is 208 g/mol. The fourth-order valence-electron chi connectivity index (χ4n) is 0.544. The Morgan fingerprint density at radius 1 is 0.750 bits per heavy atom. The summed E-state index contributed by atoms with van der Waals surface area (Å²) in [5.41, 5.74) is 0. The largest absolute Gasteiger partial charge is 1.00 e. The van der Waals surface area contributed by atoms with Gasteiger partial charge in [-0.2, -0.15) is 0 Å². The normalized spacial score (nSPS) is 9.42. The molecule has 0 heterocycles. The Kier molecular flexibility index (Phi) is 4.86. The van der Waals surface area contributed by atoms with E-state index in [0.29, 0.717) is 0 Å². The van der Waals surface area contributed by atoms with Crippen molar-refractivity contribution < 1.29 is 74.8 Å². The van der Waals surface area contributed by atoms with E-state index < -0.39 is 29.1 Å². The molecule has 1 rings (SSSR count). The zero-order valence-electron chi connectivity index (χ0n) is 6.97. The minimum atomic E-state index is -2.14. The van der Waals surface area contributed by atoms with Gasteiger partial charge < -0.3 is 1.43 Å². The van der Waals surface area contributed by atoms with Crippen LogP contribution in [0.1, 0.15) is 1.43 Å². The molecule has 0 aliphatic heterocycles. The molecule has 12 heavy (non-hydrogen) atoms. The van der Waals surface area contributed by atoms with Gasteiger partial charge in [0.2, 0.25) is 5.82 Å². The van der Waals surface area contributed by atoms with Crippen LogP contribution >= 0.6 is 0 Å². The number of benzene rings is 1. The maximum atomic E-state index is 12.0. The van der Waals surface area contributed by atoms with E-state index in [1.54, 1.807) is 0 Å².